The minimum absolute atomic E-state index is 0.156. The van der Waals surface area contributed by atoms with Crippen molar-refractivity contribution < 1.29 is 9.59 Å². The average molecular weight is 395 g/mol. The van der Waals surface area contributed by atoms with Gasteiger partial charge in [-0.1, -0.05) is 48.5 Å². The zero-order valence-electron chi connectivity index (χ0n) is 16.3. The van der Waals surface area contributed by atoms with Gasteiger partial charge in [-0.3, -0.25) is 14.6 Å². The van der Waals surface area contributed by atoms with Crippen LogP contribution in [0.5, 0.6) is 0 Å². The molecule has 0 atom stereocenters. The number of hydrogen-bond donors (Lipinski definition) is 2. The third-order valence-electron chi connectivity index (χ3n) is 4.83. The average Bonchev–Trinajstić information content (AvgIpc) is 2.80. The molecule has 0 unspecified atom stereocenters. The molecule has 0 saturated carbocycles. The SMILES string of the molecule is O=C(NCCc1ccccc1)c1ccc(C(=O)Nc2cccc3cccnc23)cc1. The van der Waals surface area contributed by atoms with Crippen molar-refractivity contribution in [3.63, 3.8) is 0 Å². The highest BCUT2D eigenvalue weighted by Gasteiger charge is 2.11. The summed E-state index contributed by atoms with van der Waals surface area (Å²) in [4.78, 5) is 29.3. The van der Waals surface area contributed by atoms with Crippen LogP contribution in [-0.4, -0.2) is 23.3 Å². The number of nitrogens with one attached hydrogen (secondary N) is 2. The van der Waals surface area contributed by atoms with Gasteiger partial charge < -0.3 is 10.6 Å². The number of aromatic nitrogens is 1. The molecular weight excluding hydrogens is 374 g/mol. The molecule has 148 valence electrons. The van der Waals surface area contributed by atoms with E-state index in [4.69, 9.17) is 0 Å². The molecule has 2 N–H and O–H groups in total. The summed E-state index contributed by atoms with van der Waals surface area (Å²) in [6.45, 7) is 0.555. The zero-order valence-corrected chi connectivity index (χ0v) is 16.3. The van der Waals surface area contributed by atoms with Crippen molar-refractivity contribution in [3.8, 4) is 0 Å². The van der Waals surface area contributed by atoms with E-state index >= 15 is 0 Å². The second-order valence-electron chi connectivity index (χ2n) is 6.90. The van der Waals surface area contributed by atoms with Crippen LogP contribution < -0.4 is 10.6 Å². The van der Waals surface area contributed by atoms with Crippen molar-refractivity contribution in [1.82, 2.24) is 10.3 Å². The molecule has 0 fully saturated rings. The number of rotatable bonds is 6. The van der Waals surface area contributed by atoms with Crippen LogP contribution in [0.4, 0.5) is 5.69 Å². The Morgan fingerprint density at radius 3 is 2.20 bits per heavy atom. The van der Waals surface area contributed by atoms with Crippen LogP contribution in [0.25, 0.3) is 10.9 Å². The highest BCUT2D eigenvalue weighted by atomic mass is 16.2. The maximum Gasteiger partial charge on any atom is 0.255 e. The summed E-state index contributed by atoms with van der Waals surface area (Å²) in [5, 5.41) is 6.77. The van der Waals surface area contributed by atoms with Crippen molar-refractivity contribution in [2.45, 2.75) is 6.42 Å². The van der Waals surface area contributed by atoms with Crippen LogP contribution in [0.2, 0.25) is 0 Å². The Bertz CT molecular complexity index is 1170. The highest BCUT2D eigenvalue weighted by molar-refractivity contribution is 6.08. The lowest BCUT2D eigenvalue weighted by Crippen LogP contribution is -2.25. The summed E-state index contributed by atoms with van der Waals surface area (Å²) >= 11 is 0. The fraction of sp³-hybridized carbons (Fsp3) is 0.0800. The summed E-state index contributed by atoms with van der Waals surface area (Å²) in [7, 11) is 0. The Kier molecular flexibility index (Phi) is 5.80. The van der Waals surface area contributed by atoms with Gasteiger partial charge in [0.15, 0.2) is 0 Å². The van der Waals surface area contributed by atoms with E-state index in [-0.39, 0.29) is 11.8 Å². The summed E-state index contributed by atoms with van der Waals surface area (Å²) in [5.41, 5.74) is 3.56. The molecule has 5 heteroatoms. The van der Waals surface area contributed by atoms with Gasteiger partial charge in [0, 0.05) is 29.3 Å². The molecule has 0 saturated heterocycles. The lowest BCUT2D eigenvalue weighted by Gasteiger charge is -2.09. The van der Waals surface area contributed by atoms with Gasteiger partial charge in [0.2, 0.25) is 0 Å². The Labute approximate surface area is 174 Å². The second kappa shape index (κ2) is 9.01. The first kappa shape index (κ1) is 19.3. The largest absolute Gasteiger partial charge is 0.352 e. The van der Waals surface area contributed by atoms with Crippen molar-refractivity contribution in [2.24, 2.45) is 0 Å². The Morgan fingerprint density at radius 1 is 0.733 bits per heavy atom. The first-order valence-electron chi connectivity index (χ1n) is 9.78. The van der Waals surface area contributed by atoms with E-state index in [0.717, 1.165) is 17.3 Å². The second-order valence-corrected chi connectivity index (χ2v) is 6.90. The summed E-state index contributed by atoms with van der Waals surface area (Å²) in [5.74, 6) is -0.402. The number of pyridine rings is 1. The Hall–Kier alpha value is -3.99. The molecule has 2 amide bonds. The van der Waals surface area contributed by atoms with Gasteiger partial charge in [-0.05, 0) is 48.4 Å². The molecule has 0 aliphatic carbocycles. The molecule has 30 heavy (non-hydrogen) atoms. The normalized spacial score (nSPS) is 10.5. The Balaban J connectivity index is 1.37. The fourth-order valence-corrected chi connectivity index (χ4v) is 3.24. The van der Waals surface area contributed by atoms with E-state index in [9.17, 15) is 9.59 Å². The van der Waals surface area contributed by atoms with Gasteiger partial charge in [0.05, 0.1) is 11.2 Å². The predicted molar refractivity (Wildman–Crippen MR) is 119 cm³/mol. The quantitative estimate of drug-likeness (QED) is 0.506. The number of anilines is 1. The number of amides is 2. The van der Waals surface area contributed by atoms with E-state index in [2.05, 4.69) is 15.6 Å². The molecule has 0 aliphatic heterocycles. The molecule has 0 radical (unpaired) electrons. The molecular formula is C25H21N3O2. The monoisotopic (exact) mass is 395 g/mol. The molecule has 1 heterocycles. The van der Waals surface area contributed by atoms with Crippen LogP contribution in [0.3, 0.4) is 0 Å². The number of nitrogens with zero attached hydrogens (tertiary/aromatic N) is 1. The van der Waals surface area contributed by atoms with Crippen molar-refractivity contribution in [2.75, 3.05) is 11.9 Å². The molecule has 0 spiro atoms. The molecule has 5 nitrogen and oxygen atoms in total. The zero-order chi connectivity index (χ0) is 20.8. The van der Waals surface area contributed by atoms with Crippen molar-refractivity contribution in [1.29, 1.82) is 0 Å². The van der Waals surface area contributed by atoms with Crippen LogP contribution >= 0.6 is 0 Å². The minimum Gasteiger partial charge on any atom is -0.352 e. The van der Waals surface area contributed by atoms with Crippen molar-refractivity contribution >= 4 is 28.4 Å². The molecule has 4 rings (SSSR count). The highest BCUT2D eigenvalue weighted by Crippen LogP contribution is 2.21. The fourth-order valence-electron chi connectivity index (χ4n) is 3.24. The number of carbonyl (C=O) groups is 2. The third-order valence-corrected chi connectivity index (χ3v) is 4.83. The molecule has 0 bridgehead atoms. The topological polar surface area (TPSA) is 71.1 Å². The van der Waals surface area contributed by atoms with Crippen LogP contribution in [0.1, 0.15) is 26.3 Å². The van der Waals surface area contributed by atoms with E-state index in [0.29, 0.717) is 23.4 Å². The van der Waals surface area contributed by atoms with Crippen molar-refractivity contribution in [3.05, 3.63) is 108 Å². The lowest BCUT2D eigenvalue weighted by atomic mass is 10.1. The summed E-state index contributed by atoms with van der Waals surface area (Å²) in [6, 6.07) is 26.1. The first-order valence-corrected chi connectivity index (χ1v) is 9.78. The van der Waals surface area contributed by atoms with Gasteiger partial charge in [-0.25, -0.2) is 0 Å². The maximum absolute atomic E-state index is 12.6. The smallest absolute Gasteiger partial charge is 0.255 e. The van der Waals surface area contributed by atoms with Gasteiger partial charge in [-0.2, -0.15) is 0 Å². The number of carbonyl (C=O) groups excluding carboxylic acids is 2. The number of hydrogen-bond acceptors (Lipinski definition) is 3. The molecule has 0 aliphatic rings. The Morgan fingerprint density at radius 2 is 1.43 bits per heavy atom. The number of fused-ring (bicyclic) bond motifs is 1. The number of para-hydroxylation sites is 1. The van der Waals surface area contributed by atoms with Crippen LogP contribution in [-0.2, 0) is 6.42 Å². The third kappa shape index (κ3) is 4.52. The van der Waals surface area contributed by atoms with E-state index in [1.54, 1.807) is 30.5 Å². The van der Waals surface area contributed by atoms with Gasteiger partial charge >= 0.3 is 0 Å². The van der Waals surface area contributed by atoms with E-state index < -0.39 is 0 Å². The molecule has 3 aromatic carbocycles. The predicted octanol–water partition coefficient (Wildman–Crippen LogP) is 4.46. The number of benzene rings is 3. The van der Waals surface area contributed by atoms with Gasteiger partial charge in [0.25, 0.3) is 11.8 Å². The van der Waals surface area contributed by atoms with Crippen LogP contribution in [0.15, 0.2) is 91.1 Å². The van der Waals surface area contributed by atoms with E-state index in [1.165, 1.54) is 5.56 Å². The van der Waals surface area contributed by atoms with Gasteiger partial charge in [-0.15, -0.1) is 0 Å². The van der Waals surface area contributed by atoms with E-state index in [1.807, 2.05) is 60.7 Å². The first-order chi connectivity index (χ1) is 14.7. The molecule has 4 aromatic rings. The van der Waals surface area contributed by atoms with Crippen LogP contribution in [0, 0.1) is 0 Å². The van der Waals surface area contributed by atoms with Gasteiger partial charge in [0.1, 0.15) is 0 Å². The maximum atomic E-state index is 12.6. The standard InChI is InChI=1S/C25H21N3O2/c29-24(27-17-15-18-6-2-1-3-7-18)20-11-13-21(14-12-20)25(30)28-22-10-4-8-19-9-5-16-26-23(19)22/h1-14,16H,15,17H2,(H,27,29)(H,28,30). The summed E-state index contributed by atoms with van der Waals surface area (Å²) in [6.07, 6.45) is 2.47. The summed E-state index contributed by atoms with van der Waals surface area (Å²) < 4.78 is 0. The lowest BCUT2D eigenvalue weighted by molar-refractivity contribution is 0.0952. The minimum atomic E-state index is -0.246. The molecule has 1 aromatic heterocycles.